The fourth-order valence-electron chi connectivity index (χ4n) is 0.853. The van der Waals surface area contributed by atoms with Crippen molar-refractivity contribution in [2.45, 2.75) is 25.0 Å². The van der Waals surface area contributed by atoms with Crippen LogP contribution in [-0.2, 0) is 9.53 Å². The van der Waals surface area contributed by atoms with Gasteiger partial charge in [-0.2, -0.15) is 0 Å². The van der Waals surface area contributed by atoms with Crippen LogP contribution in [0.15, 0.2) is 0 Å². The molecule has 0 fully saturated rings. The topological polar surface area (TPSA) is 71.1 Å². The summed E-state index contributed by atoms with van der Waals surface area (Å²) in [4.78, 5) is 13.6. The molecule has 0 aliphatic heterocycles. The summed E-state index contributed by atoms with van der Waals surface area (Å²) in [6, 6.07) is 0. The Kier molecular flexibility index (Phi) is 5.85. The molecule has 0 bridgehead atoms. The Morgan fingerprint density at radius 2 is 2.15 bits per heavy atom. The number of carbonyl (C=O) groups is 1. The van der Waals surface area contributed by atoms with Gasteiger partial charge in [-0.15, -0.1) is 0 Å². The number of ether oxygens (including phenoxy) is 1. The van der Waals surface area contributed by atoms with Gasteiger partial charge >= 0.3 is 5.97 Å². The maximum absolute atomic E-state index is 10.6. The molecule has 0 heterocycles. The monoisotopic (exact) mass is 187 g/mol. The number of methoxy groups -OCH3 is 1. The molecule has 0 aliphatic rings. The van der Waals surface area contributed by atoms with Crippen molar-refractivity contribution in [3.63, 3.8) is 0 Å². The molecule has 0 radical (unpaired) electrons. The second-order valence-electron chi connectivity index (χ2n) is 2.66. The highest BCUT2D eigenvalue weighted by atomic mass is 16.5. The highest BCUT2D eigenvalue weighted by molar-refractivity contribution is 5.69. The van der Waals surface area contributed by atoms with Gasteiger partial charge in [0.15, 0.2) is 0 Å². The van der Waals surface area contributed by atoms with E-state index in [2.05, 4.69) is 9.58 Å². The molecule has 0 saturated heterocycles. The van der Waals surface area contributed by atoms with E-state index in [4.69, 9.17) is 11.7 Å². The molecule has 13 heavy (non-hydrogen) atoms. The summed E-state index contributed by atoms with van der Waals surface area (Å²) in [6.45, 7) is 6.39. The Morgan fingerprint density at radius 3 is 2.62 bits per heavy atom. The van der Waals surface area contributed by atoms with E-state index in [-0.39, 0.29) is 19.4 Å². The minimum absolute atomic E-state index is 0.0253. The molecule has 5 nitrogen and oxygen atoms in total. The first-order valence-electron chi connectivity index (χ1n) is 3.86. The summed E-state index contributed by atoms with van der Waals surface area (Å²) >= 11 is 0. The standard InChI is InChI=1S/C8H13NO4/c1-9-5-7(11)3-6(10)4-8(12)13-2/h6-7,10-11H,3-5H2,2H3. The van der Waals surface area contributed by atoms with Crippen molar-refractivity contribution in [1.29, 1.82) is 0 Å². The lowest BCUT2D eigenvalue weighted by atomic mass is 10.1. The summed E-state index contributed by atoms with van der Waals surface area (Å²) in [5.41, 5.74) is 0. The van der Waals surface area contributed by atoms with Gasteiger partial charge in [0.05, 0.1) is 19.6 Å². The van der Waals surface area contributed by atoms with Crippen molar-refractivity contribution in [1.82, 2.24) is 0 Å². The number of esters is 1. The normalized spacial score (nSPS) is 14.3. The molecule has 0 spiro atoms. The first-order chi connectivity index (χ1) is 6.10. The van der Waals surface area contributed by atoms with E-state index in [1.165, 1.54) is 7.11 Å². The number of hydrogen-bond donors (Lipinski definition) is 2. The van der Waals surface area contributed by atoms with Crippen LogP contribution in [0.1, 0.15) is 12.8 Å². The lowest BCUT2D eigenvalue weighted by molar-refractivity contribution is -0.143. The molecule has 2 unspecified atom stereocenters. The van der Waals surface area contributed by atoms with Gasteiger partial charge in [0.2, 0.25) is 6.54 Å². The molecule has 0 saturated carbocycles. The second-order valence-corrected chi connectivity index (χ2v) is 2.66. The summed E-state index contributed by atoms with van der Waals surface area (Å²) in [5.74, 6) is -0.525. The summed E-state index contributed by atoms with van der Waals surface area (Å²) in [7, 11) is 1.23. The largest absolute Gasteiger partial charge is 0.469 e. The molecule has 2 N–H and O–H groups in total. The molecular weight excluding hydrogens is 174 g/mol. The Balaban J connectivity index is 3.68. The lowest BCUT2D eigenvalue weighted by Gasteiger charge is -2.10. The number of nitrogens with zero attached hydrogens (tertiary/aromatic N) is 1. The smallest absolute Gasteiger partial charge is 0.308 e. The first kappa shape index (κ1) is 11.9. The van der Waals surface area contributed by atoms with Gasteiger partial charge in [0.1, 0.15) is 6.10 Å². The van der Waals surface area contributed by atoms with Crippen LogP contribution < -0.4 is 0 Å². The van der Waals surface area contributed by atoms with E-state index >= 15 is 0 Å². The van der Waals surface area contributed by atoms with Gasteiger partial charge in [-0.3, -0.25) is 4.79 Å². The quantitative estimate of drug-likeness (QED) is 0.453. The highest BCUT2D eigenvalue weighted by Crippen LogP contribution is 2.03. The molecule has 0 aromatic carbocycles. The van der Waals surface area contributed by atoms with Crippen LogP contribution in [0.3, 0.4) is 0 Å². The zero-order valence-electron chi connectivity index (χ0n) is 7.43. The van der Waals surface area contributed by atoms with E-state index in [9.17, 15) is 9.90 Å². The maximum atomic E-state index is 10.6. The molecule has 5 heteroatoms. The van der Waals surface area contributed by atoms with Gasteiger partial charge in [0.25, 0.3) is 0 Å². The van der Waals surface area contributed by atoms with Crippen LogP contribution in [0.2, 0.25) is 0 Å². The van der Waals surface area contributed by atoms with Crippen LogP contribution in [0, 0.1) is 6.57 Å². The zero-order valence-corrected chi connectivity index (χ0v) is 7.43. The zero-order chi connectivity index (χ0) is 10.3. The van der Waals surface area contributed by atoms with Gasteiger partial charge < -0.3 is 19.8 Å². The van der Waals surface area contributed by atoms with E-state index in [0.717, 1.165) is 0 Å². The molecule has 0 amide bonds. The van der Waals surface area contributed by atoms with Gasteiger partial charge in [-0.1, -0.05) is 0 Å². The first-order valence-corrected chi connectivity index (χ1v) is 3.86. The second kappa shape index (κ2) is 6.40. The Morgan fingerprint density at radius 1 is 1.54 bits per heavy atom. The number of aliphatic hydroxyl groups is 2. The van der Waals surface area contributed by atoms with Crippen molar-refractivity contribution < 1.29 is 19.7 Å². The third-order valence-electron chi connectivity index (χ3n) is 1.48. The Hall–Kier alpha value is -1.12. The van der Waals surface area contributed by atoms with E-state index in [1.807, 2.05) is 0 Å². The molecule has 0 rings (SSSR count). The number of hydrogen-bond acceptors (Lipinski definition) is 4. The Labute approximate surface area is 76.8 Å². The summed E-state index contributed by atoms with van der Waals surface area (Å²) < 4.78 is 4.32. The number of carbonyl (C=O) groups excluding carboxylic acids is 1. The van der Waals surface area contributed by atoms with Crippen molar-refractivity contribution >= 4 is 5.97 Å². The van der Waals surface area contributed by atoms with Crippen molar-refractivity contribution in [2.24, 2.45) is 0 Å². The van der Waals surface area contributed by atoms with E-state index in [0.29, 0.717) is 0 Å². The van der Waals surface area contributed by atoms with Crippen LogP contribution in [0.25, 0.3) is 4.85 Å². The SMILES string of the molecule is [C-]#[N+]CC(O)CC(O)CC(=O)OC. The molecule has 0 aromatic rings. The van der Waals surface area contributed by atoms with Gasteiger partial charge in [-0.05, 0) is 0 Å². The van der Waals surface area contributed by atoms with E-state index in [1.54, 1.807) is 0 Å². The van der Waals surface area contributed by atoms with Crippen LogP contribution >= 0.6 is 0 Å². The average molecular weight is 187 g/mol. The fourth-order valence-corrected chi connectivity index (χ4v) is 0.853. The third kappa shape index (κ3) is 6.08. The van der Waals surface area contributed by atoms with Gasteiger partial charge in [-0.25, -0.2) is 6.57 Å². The minimum atomic E-state index is -0.941. The van der Waals surface area contributed by atoms with Crippen LogP contribution in [0.5, 0.6) is 0 Å². The number of rotatable bonds is 5. The lowest BCUT2D eigenvalue weighted by Crippen LogP contribution is -2.22. The molecule has 0 aliphatic carbocycles. The molecule has 2 atom stereocenters. The number of aliphatic hydroxyl groups excluding tert-OH is 2. The van der Waals surface area contributed by atoms with Gasteiger partial charge in [0, 0.05) is 6.42 Å². The predicted molar refractivity (Wildman–Crippen MR) is 44.7 cm³/mol. The average Bonchev–Trinajstić information content (AvgIpc) is 2.04. The summed E-state index contributed by atoms with van der Waals surface area (Å²) in [6.07, 6.45) is -1.94. The van der Waals surface area contributed by atoms with Crippen molar-refractivity contribution in [3.05, 3.63) is 11.4 Å². The van der Waals surface area contributed by atoms with Crippen LogP contribution in [0.4, 0.5) is 0 Å². The predicted octanol–water partition coefficient (Wildman–Crippen LogP) is -0.419. The molecule has 0 aromatic heterocycles. The fraction of sp³-hybridized carbons (Fsp3) is 0.750. The van der Waals surface area contributed by atoms with Crippen molar-refractivity contribution in [2.75, 3.05) is 13.7 Å². The minimum Gasteiger partial charge on any atom is -0.469 e. The van der Waals surface area contributed by atoms with Crippen molar-refractivity contribution in [3.8, 4) is 0 Å². The molecular formula is C8H13NO4. The maximum Gasteiger partial charge on any atom is 0.308 e. The van der Waals surface area contributed by atoms with Crippen LogP contribution in [-0.4, -0.2) is 42.0 Å². The third-order valence-corrected chi connectivity index (χ3v) is 1.48. The summed E-state index contributed by atoms with van der Waals surface area (Å²) in [5, 5.41) is 18.3. The highest BCUT2D eigenvalue weighted by Gasteiger charge is 2.17. The Bertz CT molecular complexity index is 199. The molecule has 74 valence electrons. The van der Waals surface area contributed by atoms with E-state index < -0.39 is 18.2 Å².